The minimum Gasteiger partial charge on any atom is -0.481 e. The Hall–Kier alpha value is -1.96. The van der Waals surface area contributed by atoms with Crippen molar-refractivity contribution in [1.29, 1.82) is 0 Å². The number of hydrogen-bond donors (Lipinski definition) is 1. The van der Waals surface area contributed by atoms with E-state index in [1.807, 2.05) is 4.90 Å². The minimum atomic E-state index is -1.65. The second-order valence-corrected chi connectivity index (χ2v) is 6.83. The number of rotatable bonds is 4. The van der Waals surface area contributed by atoms with E-state index in [0.717, 1.165) is 0 Å². The van der Waals surface area contributed by atoms with E-state index in [4.69, 9.17) is 4.74 Å². The Morgan fingerprint density at radius 2 is 2.20 bits per heavy atom. The number of piperidine rings is 2. The zero-order valence-corrected chi connectivity index (χ0v) is 14.5. The SMILES string of the molecule is COc1ccnc(N2CCC(C(=O)N3CCCC(F)(CO)C3)CC2)n1. The molecule has 0 spiro atoms. The molecule has 1 aromatic heterocycles. The topological polar surface area (TPSA) is 78.8 Å². The van der Waals surface area contributed by atoms with Crippen LogP contribution in [0.15, 0.2) is 12.3 Å². The number of likely N-dealkylation sites (tertiary alicyclic amines) is 1. The molecule has 1 unspecified atom stereocenters. The molecule has 138 valence electrons. The van der Waals surface area contributed by atoms with Gasteiger partial charge < -0.3 is 19.6 Å². The van der Waals surface area contributed by atoms with Crippen LogP contribution in [0, 0.1) is 5.92 Å². The fraction of sp³-hybridized carbons (Fsp3) is 0.706. The van der Waals surface area contributed by atoms with E-state index in [-0.39, 0.29) is 18.4 Å². The molecule has 0 aromatic carbocycles. The molecule has 0 bridgehead atoms. The molecular formula is C17H25FN4O3. The highest BCUT2D eigenvalue weighted by atomic mass is 19.1. The predicted molar refractivity (Wildman–Crippen MR) is 90.3 cm³/mol. The lowest BCUT2D eigenvalue weighted by molar-refractivity contribution is -0.141. The van der Waals surface area contributed by atoms with Gasteiger partial charge in [-0.2, -0.15) is 4.98 Å². The lowest BCUT2D eigenvalue weighted by Gasteiger charge is -2.39. The van der Waals surface area contributed by atoms with E-state index in [9.17, 15) is 14.3 Å². The quantitative estimate of drug-likeness (QED) is 0.872. The first-order valence-electron chi connectivity index (χ1n) is 8.75. The molecule has 1 aromatic rings. The Labute approximate surface area is 146 Å². The molecule has 2 fully saturated rings. The largest absolute Gasteiger partial charge is 0.481 e. The van der Waals surface area contributed by atoms with E-state index in [1.54, 1.807) is 24.3 Å². The van der Waals surface area contributed by atoms with Crippen LogP contribution in [0.25, 0.3) is 0 Å². The first kappa shape index (κ1) is 17.8. The summed E-state index contributed by atoms with van der Waals surface area (Å²) in [6, 6.07) is 1.69. The number of carbonyl (C=O) groups excluding carboxylic acids is 1. The van der Waals surface area contributed by atoms with Crippen molar-refractivity contribution in [3.8, 4) is 5.88 Å². The number of halogens is 1. The van der Waals surface area contributed by atoms with Gasteiger partial charge in [0.2, 0.25) is 17.7 Å². The molecule has 0 saturated carbocycles. The van der Waals surface area contributed by atoms with Gasteiger partial charge in [0, 0.05) is 37.8 Å². The zero-order valence-electron chi connectivity index (χ0n) is 14.5. The predicted octanol–water partition coefficient (Wildman–Crippen LogP) is 1.02. The van der Waals surface area contributed by atoms with Gasteiger partial charge in [-0.1, -0.05) is 0 Å². The van der Waals surface area contributed by atoms with Crippen molar-refractivity contribution in [2.24, 2.45) is 5.92 Å². The highest BCUT2D eigenvalue weighted by molar-refractivity contribution is 5.79. The van der Waals surface area contributed by atoms with E-state index in [1.165, 1.54) is 0 Å². The second kappa shape index (κ2) is 7.51. The summed E-state index contributed by atoms with van der Waals surface area (Å²) in [5.74, 6) is 1.01. The molecule has 2 aliphatic heterocycles. The van der Waals surface area contributed by atoms with E-state index >= 15 is 0 Å². The van der Waals surface area contributed by atoms with Crippen molar-refractivity contribution in [1.82, 2.24) is 14.9 Å². The number of methoxy groups -OCH3 is 1. The van der Waals surface area contributed by atoms with Crippen LogP contribution >= 0.6 is 0 Å². The smallest absolute Gasteiger partial charge is 0.228 e. The molecular weight excluding hydrogens is 327 g/mol. The summed E-state index contributed by atoms with van der Waals surface area (Å²) in [4.78, 5) is 24.9. The highest BCUT2D eigenvalue weighted by Gasteiger charge is 2.39. The van der Waals surface area contributed by atoms with Gasteiger partial charge in [0.15, 0.2) is 5.67 Å². The monoisotopic (exact) mass is 352 g/mol. The van der Waals surface area contributed by atoms with Gasteiger partial charge >= 0.3 is 0 Å². The molecule has 0 aliphatic carbocycles. The molecule has 1 amide bonds. The number of aliphatic hydroxyl groups is 1. The Bertz CT molecular complexity index is 609. The van der Waals surface area contributed by atoms with Crippen LogP contribution < -0.4 is 9.64 Å². The standard InChI is InChI=1S/C17H25FN4O3/c1-25-14-3-7-19-16(20-14)21-9-4-13(5-10-21)15(24)22-8-2-6-17(18,11-22)12-23/h3,7,13,23H,2,4-6,8-12H2,1H3. The van der Waals surface area contributed by atoms with Crippen LogP contribution in [0.1, 0.15) is 25.7 Å². The molecule has 8 heteroatoms. The number of nitrogens with zero attached hydrogens (tertiary/aromatic N) is 4. The maximum Gasteiger partial charge on any atom is 0.228 e. The molecule has 0 radical (unpaired) electrons. The number of aliphatic hydroxyl groups excluding tert-OH is 1. The average Bonchev–Trinajstić information content (AvgIpc) is 2.67. The van der Waals surface area contributed by atoms with E-state index in [0.29, 0.717) is 57.1 Å². The Morgan fingerprint density at radius 1 is 1.44 bits per heavy atom. The number of alkyl halides is 1. The van der Waals surface area contributed by atoms with Crippen LogP contribution in [0.2, 0.25) is 0 Å². The third-order valence-electron chi connectivity index (χ3n) is 5.08. The van der Waals surface area contributed by atoms with Crippen LogP contribution in [0.5, 0.6) is 5.88 Å². The van der Waals surface area contributed by atoms with Crippen LogP contribution in [0.4, 0.5) is 10.3 Å². The van der Waals surface area contributed by atoms with E-state index < -0.39 is 12.3 Å². The average molecular weight is 352 g/mol. The fourth-order valence-corrected chi connectivity index (χ4v) is 3.59. The summed E-state index contributed by atoms with van der Waals surface area (Å²) < 4.78 is 19.5. The van der Waals surface area contributed by atoms with E-state index in [2.05, 4.69) is 9.97 Å². The number of ether oxygens (including phenoxy) is 1. The highest BCUT2D eigenvalue weighted by Crippen LogP contribution is 2.28. The Morgan fingerprint density at radius 3 is 2.88 bits per heavy atom. The van der Waals surface area contributed by atoms with Crippen LogP contribution in [0.3, 0.4) is 0 Å². The molecule has 2 saturated heterocycles. The molecule has 2 aliphatic rings. The fourth-order valence-electron chi connectivity index (χ4n) is 3.59. The van der Waals surface area contributed by atoms with Crippen molar-refractivity contribution < 1.29 is 19.0 Å². The Kier molecular flexibility index (Phi) is 5.36. The molecule has 1 N–H and O–H groups in total. The summed E-state index contributed by atoms with van der Waals surface area (Å²) in [6.07, 6.45) is 3.95. The minimum absolute atomic E-state index is 0.00128. The van der Waals surface area contributed by atoms with Crippen molar-refractivity contribution >= 4 is 11.9 Å². The summed E-state index contributed by atoms with van der Waals surface area (Å²) in [5.41, 5.74) is -1.65. The van der Waals surface area contributed by atoms with Crippen molar-refractivity contribution in [3.63, 3.8) is 0 Å². The number of aromatic nitrogens is 2. The van der Waals surface area contributed by atoms with Crippen molar-refractivity contribution in [2.45, 2.75) is 31.4 Å². The van der Waals surface area contributed by atoms with Gasteiger partial charge in [-0.3, -0.25) is 4.79 Å². The van der Waals surface area contributed by atoms with Crippen molar-refractivity contribution in [3.05, 3.63) is 12.3 Å². The number of amides is 1. The van der Waals surface area contributed by atoms with Gasteiger partial charge in [-0.25, -0.2) is 9.37 Å². The normalized spacial score (nSPS) is 25.1. The first-order valence-corrected chi connectivity index (χ1v) is 8.75. The number of carbonyl (C=O) groups is 1. The molecule has 3 rings (SSSR count). The lowest BCUT2D eigenvalue weighted by Crippen LogP contribution is -2.52. The van der Waals surface area contributed by atoms with Gasteiger partial charge in [0.1, 0.15) is 0 Å². The molecule has 1 atom stereocenters. The van der Waals surface area contributed by atoms with Crippen molar-refractivity contribution in [2.75, 3.05) is 44.8 Å². The number of hydrogen-bond acceptors (Lipinski definition) is 6. The third-order valence-corrected chi connectivity index (χ3v) is 5.08. The zero-order chi connectivity index (χ0) is 17.9. The Balaban J connectivity index is 1.57. The second-order valence-electron chi connectivity index (χ2n) is 6.83. The first-order chi connectivity index (χ1) is 12.0. The molecule has 25 heavy (non-hydrogen) atoms. The van der Waals surface area contributed by atoms with Gasteiger partial charge in [-0.05, 0) is 25.7 Å². The summed E-state index contributed by atoms with van der Waals surface area (Å²) in [6.45, 7) is 1.41. The summed E-state index contributed by atoms with van der Waals surface area (Å²) >= 11 is 0. The van der Waals surface area contributed by atoms with Gasteiger partial charge in [0.05, 0.1) is 20.3 Å². The lowest BCUT2D eigenvalue weighted by atomic mass is 9.91. The van der Waals surface area contributed by atoms with Gasteiger partial charge in [-0.15, -0.1) is 0 Å². The summed E-state index contributed by atoms with van der Waals surface area (Å²) in [7, 11) is 1.56. The van der Waals surface area contributed by atoms with Crippen LogP contribution in [-0.4, -0.2) is 71.4 Å². The molecule has 7 nitrogen and oxygen atoms in total. The van der Waals surface area contributed by atoms with Gasteiger partial charge in [0.25, 0.3) is 0 Å². The number of anilines is 1. The van der Waals surface area contributed by atoms with Crippen LogP contribution in [-0.2, 0) is 4.79 Å². The third kappa shape index (κ3) is 4.00. The molecule has 3 heterocycles. The maximum atomic E-state index is 14.4. The summed E-state index contributed by atoms with van der Waals surface area (Å²) in [5, 5.41) is 9.22. The maximum absolute atomic E-state index is 14.4.